The fourth-order valence-corrected chi connectivity index (χ4v) is 9.43. The van der Waals surface area contributed by atoms with Crippen LogP contribution in [0.4, 0.5) is 22.4 Å². The summed E-state index contributed by atoms with van der Waals surface area (Å²) in [6.07, 6.45) is -3.04. The lowest BCUT2D eigenvalue weighted by atomic mass is 9.85. The minimum Gasteiger partial charge on any atom is -0.471 e. The number of carbonyl (C=O) groups excluding carboxylic acids is 4. The Bertz CT molecular complexity index is 2300. The summed E-state index contributed by atoms with van der Waals surface area (Å²) in [6.45, 7) is 7.48. The first-order valence-electron chi connectivity index (χ1n) is 19.9. The van der Waals surface area contributed by atoms with Crippen LogP contribution in [0.2, 0.25) is 0 Å². The van der Waals surface area contributed by atoms with Crippen molar-refractivity contribution in [1.29, 1.82) is 5.26 Å². The van der Waals surface area contributed by atoms with Crippen LogP contribution in [0.5, 0.6) is 5.88 Å². The van der Waals surface area contributed by atoms with E-state index in [0.717, 1.165) is 4.90 Å². The first-order chi connectivity index (χ1) is 28.0. The van der Waals surface area contributed by atoms with E-state index in [4.69, 9.17) is 9.47 Å². The third kappa shape index (κ3) is 8.08. The van der Waals surface area contributed by atoms with Gasteiger partial charge in [-0.25, -0.2) is 32.0 Å². The molecule has 3 N–H and O–H groups in total. The van der Waals surface area contributed by atoms with Gasteiger partial charge in [0, 0.05) is 5.92 Å². The number of nitrogens with one attached hydrogen (secondary N) is 3. The van der Waals surface area contributed by atoms with Crippen LogP contribution < -0.4 is 20.1 Å². The number of aromatic nitrogens is 2. The molecule has 60 heavy (non-hydrogen) atoms. The van der Waals surface area contributed by atoms with Crippen LogP contribution in [0.15, 0.2) is 30.4 Å². The summed E-state index contributed by atoms with van der Waals surface area (Å²) < 4.78 is 99.7. The van der Waals surface area contributed by atoms with E-state index in [0.29, 0.717) is 18.9 Å². The lowest BCUT2D eigenvalue weighted by molar-refractivity contribution is -0.144. The lowest BCUT2D eigenvalue weighted by Gasteiger charge is -2.36. The molecule has 5 aliphatic rings. The highest BCUT2D eigenvalue weighted by molar-refractivity contribution is 7.91. The largest absolute Gasteiger partial charge is 0.471 e. The summed E-state index contributed by atoms with van der Waals surface area (Å²) in [4.78, 5) is 66.0. The molecule has 1 aromatic carbocycles. The number of nitrogens with zero attached hydrogens (tertiary/aromatic N) is 4. The Morgan fingerprint density at radius 3 is 2.45 bits per heavy atom. The van der Waals surface area contributed by atoms with Crippen LogP contribution >= 0.6 is 0 Å². The number of alkyl carbamates (subject to hydrolysis) is 1. The van der Waals surface area contributed by atoms with Gasteiger partial charge in [0.2, 0.25) is 34.1 Å². The Morgan fingerprint density at radius 2 is 1.83 bits per heavy atom. The second-order valence-corrected chi connectivity index (χ2v) is 20.0. The molecule has 2 bridgehead atoms. The normalized spacial score (nSPS) is 31.5. The first kappa shape index (κ1) is 43.0. The quantitative estimate of drug-likeness (QED) is 0.259. The van der Waals surface area contributed by atoms with Gasteiger partial charge in [0.25, 0.3) is 5.91 Å². The van der Waals surface area contributed by atoms with Crippen molar-refractivity contribution in [2.75, 3.05) is 6.54 Å². The summed E-state index contributed by atoms with van der Waals surface area (Å²) in [5.41, 5.74) is -4.08. The van der Waals surface area contributed by atoms with E-state index < -0.39 is 123 Å². The Morgan fingerprint density at radius 1 is 1.12 bits per heavy atom. The maximum atomic E-state index is 16.2. The van der Waals surface area contributed by atoms with E-state index in [-0.39, 0.29) is 48.2 Å². The second kappa shape index (κ2) is 15.1. The molecule has 1 saturated heterocycles. The molecule has 0 radical (unpaired) electrons. The molecule has 8 atom stereocenters. The highest BCUT2D eigenvalue weighted by atomic mass is 32.2. The van der Waals surface area contributed by atoms with Gasteiger partial charge in [-0.2, -0.15) is 14.0 Å². The van der Waals surface area contributed by atoms with Gasteiger partial charge in [-0.3, -0.25) is 19.1 Å². The maximum Gasteiger partial charge on any atom is 0.408 e. The van der Waals surface area contributed by atoms with Crippen molar-refractivity contribution in [2.45, 2.75) is 126 Å². The highest BCUT2D eigenvalue weighted by Crippen LogP contribution is 2.50. The Hall–Kier alpha value is -5.06. The zero-order valence-corrected chi connectivity index (χ0v) is 34.5. The number of benzene rings is 1. The molecule has 4 amide bonds. The molecule has 4 fully saturated rings. The van der Waals surface area contributed by atoms with Crippen LogP contribution in [0.25, 0.3) is 11.0 Å². The fraction of sp³-hybridized carbons (Fsp3) is 0.625. The number of ether oxygens (including phenoxy) is 2. The molecule has 1 aromatic heterocycles. The van der Waals surface area contributed by atoms with E-state index in [9.17, 15) is 41.6 Å². The molecule has 7 rings (SSSR count). The predicted molar refractivity (Wildman–Crippen MR) is 205 cm³/mol. The molecule has 1 unspecified atom stereocenters. The number of allylic oxidation sites excluding steroid dienone is 2. The minimum atomic E-state index is -4.33. The molecule has 324 valence electrons. The Kier molecular flexibility index (Phi) is 10.9. The number of hydrogen-bond acceptors (Lipinski definition) is 11. The van der Waals surface area contributed by atoms with E-state index in [1.165, 1.54) is 31.2 Å². The molecule has 2 aromatic rings. The van der Waals surface area contributed by atoms with Gasteiger partial charge in [0.05, 0.1) is 39.9 Å². The summed E-state index contributed by atoms with van der Waals surface area (Å²) in [6, 6.07) is 3.04. The number of carbonyl (C=O) groups is 4. The van der Waals surface area contributed by atoms with Gasteiger partial charge in [-0.1, -0.05) is 33.8 Å². The number of hydrogen-bond donors (Lipinski definition) is 3. The number of nitriles is 1. The molecular formula is C40H47F4N7O8S. The van der Waals surface area contributed by atoms with E-state index in [1.54, 1.807) is 27.7 Å². The van der Waals surface area contributed by atoms with Gasteiger partial charge < -0.3 is 25.0 Å². The zero-order valence-electron chi connectivity index (χ0n) is 33.6. The van der Waals surface area contributed by atoms with Crippen molar-refractivity contribution in [3.63, 3.8) is 0 Å². The van der Waals surface area contributed by atoms with Crippen molar-refractivity contribution in [2.24, 2.45) is 23.2 Å². The van der Waals surface area contributed by atoms with E-state index in [1.807, 2.05) is 10.8 Å². The number of amides is 4. The zero-order chi connectivity index (χ0) is 43.7. The molecule has 20 heteroatoms. The van der Waals surface area contributed by atoms with Crippen LogP contribution in [-0.2, 0) is 35.1 Å². The highest BCUT2D eigenvalue weighted by Gasteiger charge is 2.68. The van der Waals surface area contributed by atoms with Gasteiger partial charge in [0.1, 0.15) is 29.8 Å². The Balaban J connectivity index is 1.31. The Labute approximate surface area is 344 Å². The van der Waals surface area contributed by atoms with Crippen LogP contribution in [-0.4, -0.2) is 94.6 Å². The molecule has 3 aliphatic carbocycles. The summed E-state index contributed by atoms with van der Waals surface area (Å²) in [7, 11) is -4.33. The topological polar surface area (TPSA) is 210 Å². The summed E-state index contributed by atoms with van der Waals surface area (Å²) in [5, 5.41) is 14.5. The van der Waals surface area contributed by atoms with Gasteiger partial charge in [-0.05, 0) is 87.5 Å². The van der Waals surface area contributed by atoms with Gasteiger partial charge in [0.15, 0.2) is 5.69 Å². The number of rotatable bonds is 7. The number of sulfonamides is 1. The number of fused-ring (bicyclic) bond motifs is 5. The van der Waals surface area contributed by atoms with Crippen LogP contribution in [0.3, 0.4) is 0 Å². The molecule has 2 aliphatic heterocycles. The van der Waals surface area contributed by atoms with Crippen molar-refractivity contribution in [3.8, 4) is 11.9 Å². The standard InChI is InChI=1S/C40H47F4N7O8S/c1-6-22-27-19-51(28(22)32(52)49-39(17-23(39)31(41)42)35(54)50-60(56,57)38(5)13-14-38)34(53)30(37(2,3)4)48-36(55)59-26-16-21(26)9-7-8-12-40(43,44)29-33(58-27)47-25-15-20(18-45)10-11-24(25)46-29/h8,10-12,15,21-23,26-28,30-31H,6-7,9,13-14,16-17,19H2,1-5H3,(H,48,55)(H,49,52)(H,50,54)/b12-8+/t21?,22-,23+,26-,27+,28+,30-,39-/m1/s1. The predicted octanol–water partition coefficient (Wildman–Crippen LogP) is 4.60. The van der Waals surface area contributed by atoms with E-state index in [2.05, 4.69) is 20.6 Å². The average Bonchev–Trinajstić information content (AvgIpc) is 4.12. The van der Waals surface area contributed by atoms with Crippen LogP contribution in [0, 0.1) is 34.5 Å². The first-order valence-corrected chi connectivity index (χ1v) is 21.4. The van der Waals surface area contributed by atoms with Gasteiger partial charge >= 0.3 is 12.0 Å². The third-order valence-corrected chi connectivity index (χ3v) is 14.5. The molecule has 0 spiro atoms. The average molecular weight is 862 g/mol. The fourth-order valence-electron chi connectivity index (χ4n) is 8.12. The smallest absolute Gasteiger partial charge is 0.408 e. The molecule has 3 heterocycles. The van der Waals surface area contributed by atoms with Crippen molar-refractivity contribution < 1.29 is 54.6 Å². The maximum absolute atomic E-state index is 16.2. The molecule has 3 saturated carbocycles. The summed E-state index contributed by atoms with van der Waals surface area (Å²) >= 11 is 0. The van der Waals surface area contributed by atoms with Crippen LogP contribution in [0.1, 0.15) is 90.8 Å². The molecule has 15 nitrogen and oxygen atoms in total. The minimum absolute atomic E-state index is 0.0146. The van der Waals surface area contributed by atoms with Crippen molar-refractivity contribution in [3.05, 3.63) is 41.6 Å². The van der Waals surface area contributed by atoms with Gasteiger partial charge in [-0.15, -0.1) is 0 Å². The van der Waals surface area contributed by atoms with Crippen molar-refractivity contribution >= 4 is 44.9 Å². The van der Waals surface area contributed by atoms with Crippen molar-refractivity contribution in [1.82, 2.24) is 30.2 Å². The number of halogens is 4. The molecular weight excluding hydrogens is 815 g/mol. The monoisotopic (exact) mass is 861 g/mol. The van der Waals surface area contributed by atoms with E-state index >= 15 is 8.78 Å². The lowest BCUT2D eigenvalue weighted by Crippen LogP contribution is -2.61. The number of alkyl halides is 4. The third-order valence-electron chi connectivity index (χ3n) is 12.4. The SMILES string of the molecule is CC[C@@H]1[C@@H]2CN(C(=O)[C@H](C(C)(C)C)NC(=O)O[C@@H]3CC3CC/C=C/C(F)(F)c3nc4ccc(C#N)cc4nc3O2)[C@@H]1C(=O)N[C@]1(C(=O)NS(=O)(=O)C2(C)CC2)C[C@H]1C(F)F. The summed E-state index contributed by atoms with van der Waals surface area (Å²) in [5.74, 6) is -10.7. The second-order valence-electron chi connectivity index (χ2n) is 17.8.